The Kier molecular flexibility index (Phi) is 50.2. The number of benzene rings is 1. The van der Waals surface area contributed by atoms with Crippen molar-refractivity contribution < 1.29 is 24.2 Å². The topological polar surface area (TPSA) is 15.8 Å². The standard InChI is InChI=1S/C8H6N.C5H5.C3H6.5CH3.2ClH.Zr/c1-2-4-8-7(3-1)5-6-9-8;1-2-4-5-3-1;1-3-2;;;;;;;;/h1-5,9H;1-3H,4H2;1-2H3;5*1H3;2*1H;/q2*-1;;5*-1;;;. The van der Waals surface area contributed by atoms with Crippen molar-refractivity contribution in [1.29, 1.82) is 0 Å². The fourth-order valence-corrected chi connectivity index (χ4v) is 1.27. The number of rotatable bonds is 0. The van der Waals surface area contributed by atoms with Gasteiger partial charge in [-0.3, -0.25) is 6.08 Å². The van der Waals surface area contributed by atoms with E-state index in [1.54, 1.807) is 24.2 Å². The van der Waals surface area contributed by atoms with E-state index in [0.717, 1.165) is 11.9 Å². The molecule has 1 aliphatic carbocycles. The van der Waals surface area contributed by atoms with Crippen LogP contribution < -0.4 is 0 Å². The number of nitrogens with one attached hydrogen (secondary N) is 1. The molecule has 0 saturated heterocycles. The summed E-state index contributed by atoms with van der Waals surface area (Å²) in [5.41, 5.74) is 1.15. The van der Waals surface area contributed by atoms with E-state index >= 15 is 0 Å². The van der Waals surface area contributed by atoms with Crippen LogP contribution in [0.3, 0.4) is 0 Å². The molecular formula is C21H34Cl2NZr-7. The number of aromatic nitrogens is 1. The van der Waals surface area contributed by atoms with E-state index in [9.17, 15) is 0 Å². The van der Waals surface area contributed by atoms with Gasteiger partial charge < -0.3 is 42.1 Å². The van der Waals surface area contributed by atoms with Crippen LogP contribution in [0.25, 0.3) is 10.9 Å². The predicted octanol–water partition coefficient (Wildman–Crippen LogP) is 7.11. The van der Waals surface area contributed by atoms with Gasteiger partial charge in [-0.1, -0.05) is 12.1 Å². The molecule has 0 radical (unpaired) electrons. The fraction of sp³-hybridized carbons (Fsp3) is 0.143. The number of halogens is 2. The molecule has 4 heteroatoms. The van der Waals surface area contributed by atoms with Gasteiger partial charge in [0.05, 0.1) is 0 Å². The summed E-state index contributed by atoms with van der Waals surface area (Å²) in [5.74, 6) is 0. The molecule has 1 aliphatic rings. The third kappa shape index (κ3) is 23.6. The molecule has 0 saturated carbocycles. The minimum Gasteiger partial charge on any atom is -0.477 e. The minimum atomic E-state index is 0. The van der Waals surface area contributed by atoms with Crippen molar-refractivity contribution in [2.45, 2.75) is 20.3 Å². The molecule has 3 rings (SSSR count). The van der Waals surface area contributed by atoms with Crippen LogP contribution in [0.4, 0.5) is 0 Å². The van der Waals surface area contributed by atoms with Gasteiger partial charge in [-0.2, -0.15) is 17.5 Å². The quantitative estimate of drug-likeness (QED) is 0.401. The van der Waals surface area contributed by atoms with E-state index < -0.39 is 0 Å². The van der Waals surface area contributed by atoms with Crippen molar-refractivity contribution in [2.24, 2.45) is 0 Å². The summed E-state index contributed by atoms with van der Waals surface area (Å²) in [6.07, 6.45) is 12.9. The Morgan fingerprint density at radius 3 is 1.88 bits per heavy atom. The monoisotopic (exact) mass is 460 g/mol. The maximum atomic E-state index is 2.99. The van der Waals surface area contributed by atoms with Gasteiger partial charge in [0.15, 0.2) is 0 Å². The molecule has 0 amide bonds. The Balaban J connectivity index is -0.0000000366. The Hall–Kier alpha value is -0.427. The summed E-state index contributed by atoms with van der Waals surface area (Å²) in [6, 6.07) is 10.1. The molecular weight excluding hydrogens is 428 g/mol. The Bertz CT molecular complexity index is 501. The van der Waals surface area contributed by atoms with Gasteiger partial charge in [0.25, 0.3) is 0 Å². The molecule has 148 valence electrons. The fourth-order valence-electron chi connectivity index (χ4n) is 1.27. The van der Waals surface area contributed by atoms with E-state index in [2.05, 4.69) is 43.2 Å². The molecule has 1 nitrogen and oxygen atoms in total. The normalized spacial score (nSPS) is 8.20. The van der Waals surface area contributed by atoms with Crippen LogP contribution in [0, 0.1) is 49.4 Å². The van der Waals surface area contributed by atoms with E-state index in [1.807, 2.05) is 36.4 Å². The van der Waals surface area contributed by atoms with Crippen molar-refractivity contribution in [3.63, 3.8) is 0 Å². The molecule has 0 unspecified atom stereocenters. The SMILES string of the molecule is C[C](C)=[Zr].Cl.Cl.[C-]1=CC=CC1.[CH3-].[CH3-].[CH3-].[CH3-].[CH3-].[c-]1cc2ccccc2[nH]1. The molecule has 0 spiro atoms. The number of H-pyrrole nitrogens is 1. The van der Waals surface area contributed by atoms with Gasteiger partial charge in [-0.25, -0.2) is 12.2 Å². The first kappa shape index (κ1) is 44.2. The number of para-hydroxylation sites is 1. The first-order valence-electron chi connectivity index (χ1n) is 5.87. The third-order valence-electron chi connectivity index (χ3n) is 1.98. The van der Waals surface area contributed by atoms with Crippen LogP contribution >= 0.6 is 24.8 Å². The molecule has 0 fully saturated rings. The molecule has 0 atom stereocenters. The smallest absolute Gasteiger partial charge is 0.0745 e. The predicted molar refractivity (Wildman–Crippen MR) is 122 cm³/mol. The van der Waals surface area contributed by atoms with Gasteiger partial charge >= 0.3 is 41.3 Å². The Morgan fingerprint density at radius 1 is 1.00 bits per heavy atom. The Morgan fingerprint density at radius 2 is 1.52 bits per heavy atom. The second-order valence-electron chi connectivity index (χ2n) is 4.00. The van der Waals surface area contributed by atoms with Crippen LogP contribution in [0.15, 0.2) is 48.6 Å². The largest absolute Gasteiger partial charge is 0.477 e. The van der Waals surface area contributed by atoms with Crippen molar-refractivity contribution in [2.75, 3.05) is 0 Å². The van der Waals surface area contributed by atoms with Crippen LogP contribution in [0.2, 0.25) is 0 Å². The molecule has 2 aromatic rings. The second-order valence-corrected chi connectivity index (χ2v) is 6.46. The maximum absolute atomic E-state index is 2.99. The molecule has 1 N–H and O–H groups in total. The van der Waals surface area contributed by atoms with Gasteiger partial charge in [0.1, 0.15) is 0 Å². The van der Waals surface area contributed by atoms with E-state index in [-0.39, 0.29) is 61.9 Å². The molecule has 1 aromatic carbocycles. The van der Waals surface area contributed by atoms with E-state index in [1.165, 1.54) is 8.59 Å². The summed E-state index contributed by atoms with van der Waals surface area (Å²) >= 11 is 1.55. The van der Waals surface area contributed by atoms with Crippen LogP contribution in [0.5, 0.6) is 0 Å². The summed E-state index contributed by atoms with van der Waals surface area (Å²) in [5, 5.41) is 1.22. The third-order valence-corrected chi connectivity index (χ3v) is 1.98. The average molecular weight is 463 g/mol. The maximum Gasteiger partial charge on any atom is -0.0745 e. The minimum absolute atomic E-state index is 0. The second kappa shape index (κ2) is 28.4. The molecule has 1 heterocycles. The summed E-state index contributed by atoms with van der Waals surface area (Å²) in [7, 11) is 0. The zero-order valence-electron chi connectivity index (χ0n) is 16.6. The van der Waals surface area contributed by atoms with Crippen molar-refractivity contribution >= 4 is 38.9 Å². The molecule has 25 heavy (non-hydrogen) atoms. The number of hydrogen-bond donors (Lipinski definition) is 1. The van der Waals surface area contributed by atoms with Crippen LogP contribution in [-0.2, 0) is 24.2 Å². The van der Waals surface area contributed by atoms with Gasteiger partial charge in [0.2, 0.25) is 0 Å². The number of allylic oxidation sites excluding steroid dienone is 4. The van der Waals surface area contributed by atoms with Crippen LogP contribution in [0.1, 0.15) is 20.3 Å². The van der Waals surface area contributed by atoms with Gasteiger partial charge in [0, 0.05) is 0 Å². The van der Waals surface area contributed by atoms with E-state index in [4.69, 9.17) is 0 Å². The number of aromatic amines is 1. The summed E-state index contributed by atoms with van der Waals surface area (Å²) in [6.45, 7) is 4.25. The first-order chi connectivity index (χ1) is 8.70. The van der Waals surface area contributed by atoms with Crippen molar-refractivity contribution in [1.82, 2.24) is 4.98 Å². The van der Waals surface area contributed by atoms with Gasteiger partial charge in [-0.15, -0.1) is 55.1 Å². The summed E-state index contributed by atoms with van der Waals surface area (Å²) < 4.78 is 1.51. The zero-order valence-corrected chi connectivity index (χ0v) is 20.7. The van der Waals surface area contributed by atoms with Crippen molar-refractivity contribution in [3.05, 3.63) is 98.0 Å². The Labute approximate surface area is 185 Å². The summed E-state index contributed by atoms with van der Waals surface area (Å²) in [4.78, 5) is 2.99. The molecule has 1 aromatic heterocycles. The number of hydrogen-bond acceptors (Lipinski definition) is 0. The first-order valence-corrected chi connectivity index (χ1v) is 7.10. The average Bonchev–Trinajstić information content (AvgIpc) is 3.03. The molecule has 0 aliphatic heterocycles. The zero-order chi connectivity index (χ0) is 13.2. The van der Waals surface area contributed by atoms with Gasteiger partial charge in [-0.05, 0) is 0 Å². The molecule has 0 bridgehead atoms. The van der Waals surface area contributed by atoms with Crippen LogP contribution in [-0.4, -0.2) is 8.19 Å². The van der Waals surface area contributed by atoms with Crippen molar-refractivity contribution in [3.8, 4) is 0 Å². The number of fused-ring (bicyclic) bond motifs is 1. The van der Waals surface area contributed by atoms with E-state index in [0.29, 0.717) is 0 Å².